The highest BCUT2D eigenvalue weighted by Gasteiger charge is 2.16. The summed E-state index contributed by atoms with van der Waals surface area (Å²) in [6, 6.07) is 7.16. The molecule has 0 saturated heterocycles. The smallest absolute Gasteiger partial charge is 0.243 e. The SMILES string of the molecule is C#Cc1cccc(NC(=O)CN(C)c2nc(C(C)C)nc(N(C)C)n2)c1. The first-order chi connectivity index (χ1) is 12.3. The van der Waals surface area contributed by atoms with Crippen LogP contribution < -0.4 is 15.1 Å². The number of likely N-dealkylation sites (N-methyl/N-ethyl adjacent to an activating group) is 1. The van der Waals surface area contributed by atoms with Crippen LogP contribution in [0.15, 0.2) is 24.3 Å². The van der Waals surface area contributed by atoms with E-state index in [1.165, 1.54) is 0 Å². The number of nitrogens with one attached hydrogen (secondary N) is 1. The van der Waals surface area contributed by atoms with Crippen LogP contribution in [-0.4, -0.2) is 48.5 Å². The van der Waals surface area contributed by atoms with Gasteiger partial charge in [-0.15, -0.1) is 6.42 Å². The summed E-state index contributed by atoms with van der Waals surface area (Å²) in [6.45, 7) is 4.14. The number of carbonyl (C=O) groups is 1. The molecule has 136 valence electrons. The molecule has 7 heteroatoms. The number of hydrogen-bond acceptors (Lipinski definition) is 6. The van der Waals surface area contributed by atoms with Crippen LogP contribution in [0.2, 0.25) is 0 Å². The Labute approximate surface area is 154 Å². The number of amides is 1. The first-order valence-corrected chi connectivity index (χ1v) is 8.31. The lowest BCUT2D eigenvalue weighted by Crippen LogP contribution is -2.32. The van der Waals surface area contributed by atoms with Crippen molar-refractivity contribution in [3.63, 3.8) is 0 Å². The monoisotopic (exact) mass is 352 g/mol. The maximum Gasteiger partial charge on any atom is 0.243 e. The van der Waals surface area contributed by atoms with Crippen molar-refractivity contribution in [3.05, 3.63) is 35.7 Å². The Morgan fingerprint density at radius 1 is 1.19 bits per heavy atom. The zero-order valence-corrected chi connectivity index (χ0v) is 15.8. The Morgan fingerprint density at radius 3 is 2.50 bits per heavy atom. The number of terminal acetylenes is 1. The molecule has 7 nitrogen and oxygen atoms in total. The number of benzene rings is 1. The molecule has 0 atom stereocenters. The molecule has 0 aliphatic rings. The molecule has 0 spiro atoms. The summed E-state index contributed by atoms with van der Waals surface area (Å²) in [5.74, 6) is 4.23. The molecule has 1 N–H and O–H groups in total. The van der Waals surface area contributed by atoms with E-state index in [0.717, 1.165) is 0 Å². The largest absolute Gasteiger partial charge is 0.347 e. The standard InChI is InChI=1S/C19H24N6O/c1-7-14-9-8-10-15(11-14)20-16(26)12-25(6)19-22-17(13(2)3)21-18(23-19)24(4)5/h1,8-11,13H,12H2,2-6H3,(H,20,26). The second-order valence-electron chi connectivity index (χ2n) is 6.47. The predicted molar refractivity (Wildman–Crippen MR) is 105 cm³/mol. The Hall–Kier alpha value is -3.14. The molecular weight excluding hydrogens is 328 g/mol. The number of aromatic nitrogens is 3. The maximum absolute atomic E-state index is 12.3. The molecule has 0 aliphatic carbocycles. The van der Waals surface area contributed by atoms with Gasteiger partial charge in [0.2, 0.25) is 17.8 Å². The molecule has 0 bridgehead atoms. The molecule has 2 aromatic rings. The summed E-state index contributed by atoms with van der Waals surface area (Å²) in [4.78, 5) is 29.2. The van der Waals surface area contributed by atoms with E-state index in [0.29, 0.717) is 29.0 Å². The van der Waals surface area contributed by atoms with Gasteiger partial charge in [-0.3, -0.25) is 4.79 Å². The van der Waals surface area contributed by atoms with Gasteiger partial charge in [-0.2, -0.15) is 15.0 Å². The van der Waals surface area contributed by atoms with Crippen LogP contribution >= 0.6 is 0 Å². The van der Waals surface area contributed by atoms with Gasteiger partial charge >= 0.3 is 0 Å². The lowest BCUT2D eigenvalue weighted by Gasteiger charge is -2.20. The normalized spacial score (nSPS) is 10.3. The van der Waals surface area contributed by atoms with Crippen molar-refractivity contribution in [1.29, 1.82) is 0 Å². The van der Waals surface area contributed by atoms with E-state index in [1.54, 1.807) is 30.1 Å². The van der Waals surface area contributed by atoms with Crippen molar-refractivity contribution < 1.29 is 4.79 Å². The average molecular weight is 352 g/mol. The van der Waals surface area contributed by atoms with Gasteiger partial charge in [0.25, 0.3) is 0 Å². The zero-order chi connectivity index (χ0) is 19.3. The number of anilines is 3. The summed E-state index contributed by atoms with van der Waals surface area (Å²) in [6.07, 6.45) is 5.39. The van der Waals surface area contributed by atoms with E-state index in [1.807, 2.05) is 38.9 Å². The van der Waals surface area contributed by atoms with Gasteiger partial charge in [0, 0.05) is 38.3 Å². The van der Waals surface area contributed by atoms with Crippen molar-refractivity contribution >= 4 is 23.5 Å². The summed E-state index contributed by atoms with van der Waals surface area (Å²) >= 11 is 0. The van der Waals surface area contributed by atoms with Gasteiger partial charge in [-0.25, -0.2) is 0 Å². The van der Waals surface area contributed by atoms with Crippen molar-refractivity contribution in [2.24, 2.45) is 0 Å². The lowest BCUT2D eigenvalue weighted by molar-refractivity contribution is -0.114. The second kappa shape index (κ2) is 8.30. The fourth-order valence-corrected chi connectivity index (χ4v) is 2.17. The quantitative estimate of drug-likeness (QED) is 0.803. The van der Waals surface area contributed by atoms with Crippen LogP contribution in [0.25, 0.3) is 0 Å². The van der Waals surface area contributed by atoms with Gasteiger partial charge in [0.1, 0.15) is 5.82 Å². The van der Waals surface area contributed by atoms with Crippen molar-refractivity contribution in [2.75, 3.05) is 42.8 Å². The van der Waals surface area contributed by atoms with Crippen LogP contribution in [0.3, 0.4) is 0 Å². The maximum atomic E-state index is 12.3. The third-order valence-corrected chi connectivity index (χ3v) is 3.58. The van der Waals surface area contributed by atoms with E-state index < -0.39 is 0 Å². The number of carbonyl (C=O) groups excluding carboxylic acids is 1. The molecule has 2 rings (SSSR count). The predicted octanol–water partition coefficient (Wildman–Crippen LogP) is 2.12. The minimum Gasteiger partial charge on any atom is -0.347 e. The van der Waals surface area contributed by atoms with E-state index in [4.69, 9.17) is 6.42 Å². The molecule has 26 heavy (non-hydrogen) atoms. The fourth-order valence-electron chi connectivity index (χ4n) is 2.17. The highest BCUT2D eigenvalue weighted by molar-refractivity contribution is 5.93. The molecule has 1 amide bonds. The van der Waals surface area contributed by atoms with Crippen LogP contribution in [0.4, 0.5) is 17.6 Å². The number of nitrogens with zero attached hydrogens (tertiary/aromatic N) is 5. The molecule has 0 fully saturated rings. The van der Waals surface area contributed by atoms with E-state index >= 15 is 0 Å². The van der Waals surface area contributed by atoms with Crippen molar-refractivity contribution in [2.45, 2.75) is 19.8 Å². The van der Waals surface area contributed by atoms with Crippen molar-refractivity contribution in [3.8, 4) is 12.3 Å². The minimum absolute atomic E-state index is 0.106. The van der Waals surface area contributed by atoms with Crippen LogP contribution in [0.5, 0.6) is 0 Å². The molecular formula is C19H24N6O. The molecule has 0 aliphatic heterocycles. The molecule has 0 unspecified atom stereocenters. The molecule has 0 radical (unpaired) electrons. The molecule has 0 saturated carbocycles. The summed E-state index contributed by atoms with van der Waals surface area (Å²) in [5.41, 5.74) is 1.37. The van der Waals surface area contributed by atoms with Crippen LogP contribution in [-0.2, 0) is 4.79 Å². The zero-order valence-electron chi connectivity index (χ0n) is 15.8. The highest BCUT2D eigenvalue weighted by atomic mass is 16.2. The van der Waals surface area contributed by atoms with E-state index in [2.05, 4.69) is 26.2 Å². The van der Waals surface area contributed by atoms with Crippen LogP contribution in [0, 0.1) is 12.3 Å². The minimum atomic E-state index is -0.181. The first kappa shape index (κ1) is 19.2. The first-order valence-electron chi connectivity index (χ1n) is 8.31. The van der Waals surface area contributed by atoms with Gasteiger partial charge in [0.15, 0.2) is 0 Å². The van der Waals surface area contributed by atoms with Crippen LogP contribution in [0.1, 0.15) is 31.2 Å². The molecule has 1 heterocycles. The summed E-state index contributed by atoms with van der Waals surface area (Å²) in [5, 5.41) is 2.83. The number of rotatable bonds is 6. The highest BCUT2D eigenvalue weighted by Crippen LogP contribution is 2.17. The summed E-state index contributed by atoms with van der Waals surface area (Å²) in [7, 11) is 5.51. The van der Waals surface area contributed by atoms with Gasteiger partial charge in [-0.1, -0.05) is 25.8 Å². The molecule has 1 aromatic heterocycles. The van der Waals surface area contributed by atoms with Gasteiger partial charge in [0.05, 0.1) is 6.54 Å². The van der Waals surface area contributed by atoms with E-state index in [9.17, 15) is 4.79 Å². The lowest BCUT2D eigenvalue weighted by atomic mass is 10.2. The Kier molecular flexibility index (Phi) is 6.12. The van der Waals surface area contributed by atoms with E-state index in [-0.39, 0.29) is 18.4 Å². The fraction of sp³-hybridized carbons (Fsp3) is 0.368. The topological polar surface area (TPSA) is 74.2 Å². The number of hydrogen-bond donors (Lipinski definition) is 1. The van der Waals surface area contributed by atoms with Gasteiger partial charge < -0.3 is 15.1 Å². The second-order valence-corrected chi connectivity index (χ2v) is 6.47. The summed E-state index contributed by atoms with van der Waals surface area (Å²) < 4.78 is 0. The van der Waals surface area contributed by atoms with Gasteiger partial charge in [-0.05, 0) is 18.2 Å². The Morgan fingerprint density at radius 2 is 1.88 bits per heavy atom. The molecule has 1 aromatic carbocycles. The Bertz CT molecular complexity index is 799. The average Bonchev–Trinajstić information content (AvgIpc) is 2.61. The van der Waals surface area contributed by atoms with Crippen molar-refractivity contribution in [1.82, 2.24) is 15.0 Å². The third kappa shape index (κ3) is 4.93. The third-order valence-electron chi connectivity index (χ3n) is 3.58. The Balaban J connectivity index is 2.14.